The summed E-state index contributed by atoms with van der Waals surface area (Å²) in [5, 5.41) is 3.61. The second-order valence-corrected chi connectivity index (χ2v) is 4.55. The fourth-order valence-corrected chi connectivity index (χ4v) is 2.48. The maximum absolute atomic E-state index is 3.61. The maximum Gasteiger partial charge on any atom is 0.0113 e. The first-order valence-electron chi connectivity index (χ1n) is 5.20. The molecule has 2 rings (SSSR count). The predicted octanol–water partition coefficient (Wildman–Crippen LogP) is 1.08. The van der Waals surface area contributed by atoms with E-state index in [4.69, 9.17) is 0 Å². The zero-order valence-corrected chi connectivity index (χ0v) is 8.21. The molecule has 0 aromatic carbocycles. The van der Waals surface area contributed by atoms with Crippen molar-refractivity contribution in [2.45, 2.75) is 38.3 Å². The highest BCUT2D eigenvalue weighted by atomic mass is 15.1. The van der Waals surface area contributed by atoms with Crippen LogP contribution in [-0.4, -0.2) is 37.1 Å². The lowest BCUT2D eigenvalue weighted by Gasteiger charge is -2.43. The highest BCUT2D eigenvalue weighted by Gasteiger charge is 2.32. The van der Waals surface area contributed by atoms with Gasteiger partial charge in [-0.1, -0.05) is 0 Å². The molecule has 0 amide bonds. The molecule has 0 aromatic rings. The summed E-state index contributed by atoms with van der Waals surface area (Å²) in [6.45, 7) is 4.89. The van der Waals surface area contributed by atoms with Crippen molar-refractivity contribution in [2.75, 3.05) is 20.1 Å². The first-order chi connectivity index (χ1) is 5.75. The van der Waals surface area contributed by atoms with Gasteiger partial charge in [-0.2, -0.15) is 0 Å². The Bertz CT molecular complexity index is 144. The van der Waals surface area contributed by atoms with Gasteiger partial charge >= 0.3 is 0 Å². The zero-order chi connectivity index (χ0) is 8.55. The summed E-state index contributed by atoms with van der Waals surface area (Å²) in [7, 11) is 2.23. The van der Waals surface area contributed by atoms with Crippen LogP contribution in [-0.2, 0) is 0 Å². The van der Waals surface area contributed by atoms with Gasteiger partial charge in [-0.05, 0) is 52.2 Å². The summed E-state index contributed by atoms with van der Waals surface area (Å²) in [4.78, 5) is 2.44. The van der Waals surface area contributed by atoms with Crippen LogP contribution in [0.15, 0.2) is 0 Å². The minimum atomic E-state index is 0.787. The van der Waals surface area contributed by atoms with Crippen LogP contribution in [0.5, 0.6) is 0 Å². The monoisotopic (exact) mass is 168 g/mol. The third-order valence-corrected chi connectivity index (χ3v) is 3.44. The summed E-state index contributed by atoms with van der Waals surface area (Å²) < 4.78 is 0. The van der Waals surface area contributed by atoms with Crippen molar-refractivity contribution < 1.29 is 0 Å². The Hall–Kier alpha value is -0.0800. The fraction of sp³-hybridized carbons (Fsp3) is 1.00. The predicted molar refractivity (Wildman–Crippen MR) is 51.2 cm³/mol. The number of likely N-dealkylation sites (tertiary alicyclic amines) is 1. The van der Waals surface area contributed by atoms with Crippen molar-refractivity contribution in [1.29, 1.82) is 0 Å². The lowest BCUT2D eigenvalue weighted by Crippen LogP contribution is -2.56. The van der Waals surface area contributed by atoms with Gasteiger partial charge in [0.05, 0.1) is 0 Å². The van der Waals surface area contributed by atoms with Gasteiger partial charge in [0.1, 0.15) is 0 Å². The Labute approximate surface area is 75.3 Å². The van der Waals surface area contributed by atoms with E-state index in [2.05, 4.69) is 24.2 Å². The highest BCUT2D eigenvalue weighted by molar-refractivity contribution is 4.92. The summed E-state index contributed by atoms with van der Waals surface area (Å²) >= 11 is 0. The molecule has 70 valence electrons. The number of hydrogen-bond acceptors (Lipinski definition) is 2. The molecule has 2 aliphatic heterocycles. The molecular weight excluding hydrogens is 148 g/mol. The van der Waals surface area contributed by atoms with E-state index >= 15 is 0 Å². The summed E-state index contributed by atoms with van der Waals surface area (Å²) in [5.41, 5.74) is 0. The van der Waals surface area contributed by atoms with E-state index in [-0.39, 0.29) is 0 Å². The van der Waals surface area contributed by atoms with Crippen molar-refractivity contribution >= 4 is 0 Å². The summed E-state index contributed by atoms with van der Waals surface area (Å²) in [6, 6.07) is 1.64. The van der Waals surface area contributed by atoms with Crippen LogP contribution >= 0.6 is 0 Å². The quantitative estimate of drug-likeness (QED) is 0.630. The molecule has 0 saturated carbocycles. The summed E-state index contributed by atoms with van der Waals surface area (Å²) in [6.07, 6.45) is 4.22. The van der Waals surface area contributed by atoms with Crippen LogP contribution in [0.4, 0.5) is 0 Å². The molecule has 0 radical (unpaired) electrons. The van der Waals surface area contributed by atoms with Crippen LogP contribution in [0.3, 0.4) is 0 Å². The highest BCUT2D eigenvalue weighted by Crippen LogP contribution is 2.27. The lowest BCUT2D eigenvalue weighted by molar-refractivity contribution is 0.129. The maximum atomic E-state index is 3.61. The van der Waals surface area contributed by atoms with Gasteiger partial charge in [-0.3, -0.25) is 0 Å². The second kappa shape index (κ2) is 3.35. The van der Waals surface area contributed by atoms with Crippen LogP contribution in [0.2, 0.25) is 0 Å². The number of hydrogen-bond donors (Lipinski definition) is 1. The van der Waals surface area contributed by atoms with E-state index in [9.17, 15) is 0 Å². The molecule has 0 aliphatic carbocycles. The van der Waals surface area contributed by atoms with E-state index in [1.165, 1.54) is 32.4 Å². The normalized spacial score (nSPS) is 39.5. The van der Waals surface area contributed by atoms with E-state index in [1.54, 1.807) is 0 Å². The third kappa shape index (κ3) is 1.64. The van der Waals surface area contributed by atoms with Gasteiger partial charge in [0.2, 0.25) is 0 Å². The molecular formula is C10H20N2. The molecule has 2 fully saturated rings. The molecule has 2 unspecified atom stereocenters. The molecule has 2 saturated heterocycles. The number of rotatable bonds is 1. The lowest BCUT2D eigenvalue weighted by atomic mass is 9.81. The van der Waals surface area contributed by atoms with Crippen molar-refractivity contribution in [3.05, 3.63) is 0 Å². The molecule has 2 nitrogen and oxygen atoms in total. The van der Waals surface area contributed by atoms with Crippen molar-refractivity contribution in [3.8, 4) is 0 Å². The summed E-state index contributed by atoms with van der Waals surface area (Å²) in [5.74, 6) is 0.970. The molecule has 2 aliphatic rings. The molecule has 12 heavy (non-hydrogen) atoms. The molecule has 1 N–H and O–H groups in total. The van der Waals surface area contributed by atoms with Crippen LogP contribution in [0, 0.1) is 5.92 Å². The van der Waals surface area contributed by atoms with E-state index < -0.39 is 0 Å². The van der Waals surface area contributed by atoms with Crippen LogP contribution < -0.4 is 5.32 Å². The average Bonchev–Trinajstić information content (AvgIpc) is 2.01. The number of nitrogens with zero attached hydrogens (tertiary/aromatic N) is 1. The molecule has 2 heterocycles. The van der Waals surface area contributed by atoms with Crippen molar-refractivity contribution in [1.82, 2.24) is 10.2 Å². The average molecular weight is 168 g/mol. The topological polar surface area (TPSA) is 15.3 Å². The number of piperidine rings is 1. The Kier molecular flexibility index (Phi) is 2.37. The van der Waals surface area contributed by atoms with Crippen LogP contribution in [0.1, 0.15) is 26.2 Å². The Morgan fingerprint density at radius 2 is 1.83 bits per heavy atom. The van der Waals surface area contributed by atoms with E-state index in [1.807, 2.05) is 0 Å². The van der Waals surface area contributed by atoms with Gasteiger partial charge in [0, 0.05) is 12.1 Å². The largest absolute Gasteiger partial charge is 0.311 e. The number of nitrogens with one attached hydrogen (secondary N) is 1. The van der Waals surface area contributed by atoms with Crippen LogP contribution in [0.25, 0.3) is 0 Å². The van der Waals surface area contributed by atoms with Gasteiger partial charge in [-0.15, -0.1) is 0 Å². The molecule has 2 atom stereocenters. The first kappa shape index (κ1) is 8.52. The van der Waals surface area contributed by atoms with Crippen molar-refractivity contribution in [3.63, 3.8) is 0 Å². The van der Waals surface area contributed by atoms with Gasteiger partial charge in [-0.25, -0.2) is 0 Å². The second-order valence-electron chi connectivity index (χ2n) is 4.55. The van der Waals surface area contributed by atoms with Gasteiger partial charge in [0.25, 0.3) is 0 Å². The smallest absolute Gasteiger partial charge is 0.0113 e. The Morgan fingerprint density at radius 3 is 2.33 bits per heavy atom. The zero-order valence-electron chi connectivity index (χ0n) is 8.21. The molecule has 0 bridgehead atoms. The van der Waals surface area contributed by atoms with Gasteiger partial charge < -0.3 is 10.2 Å². The van der Waals surface area contributed by atoms with Crippen molar-refractivity contribution in [2.24, 2.45) is 5.92 Å². The Morgan fingerprint density at radius 1 is 1.25 bits per heavy atom. The van der Waals surface area contributed by atoms with Gasteiger partial charge in [0.15, 0.2) is 0 Å². The third-order valence-electron chi connectivity index (χ3n) is 3.44. The van der Waals surface area contributed by atoms with E-state index in [0.717, 1.165) is 18.0 Å². The first-order valence-corrected chi connectivity index (χ1v) is 5.20. The standard InChI is InChI=1S/C10H20N2/c1-8-7-10(11-8)9-3-5-12(2)6-4-9/h8-11H,3-7H2,1-2H3. The molecule has 0 aromatic heterocycles. The Balaban J connectivity index is 1.75. The minimum absolute atomic E-state index is 0.787. The SMILES string of the molecule is CC1CC(C2CCN(C)CC2)N1. The fourth-order valence-electron chi connectivity index (χ4n) is 2.48. The van der Waals surface area contributed by atoms with E-state index in [0.29, 0.717) is 0 Å². The molecule has 0 spiro atoms. The minimum Gasteiger partial charge on any atom is -0.311 e. The molecule has 2 heteroatoms.